The van der Waals surface area contributed by atoms with Gasteiger partial charge in [0.15, 0.2) is 6.29 Å². The van der Waals surface area contributed by atoms with Crippen LogP contribution in [0.2, 0.25) is 0 Å². The summed E-state index contributed by atoms with van der Waals surface area (Å²) in [6, 6.07) is 26.1. The van der Waals surface area contributed by atoms with E-state index in [1.807, 2.05) is 42.5 Å². The number of aliphatic hydroxyl groups excluding tert-OH is 4. The molecule has 6 rings (SSSR count). The van der Waals surface area contributed by atoms with Gasteiger partial charge >= 0.3 is 0 Å². The molecule has 2 heterocycles. The molecule has 4 aromatic rings. The lowest BCUT2D eigenvalue weighted by Gasteiger charge is -2.48. The van der Waals surface area contributed by atoms with Crippen molar-refractivity contribution < 1.29 is 48.2 Å². The van der Waals surface area contributed by atoms with Crippen molar-refractivity contribution in [2.75, 3.05) is 18.6 Å². The van der Waals surface area contributed by atoms with Gasteiger partial charge in [0.05, 0.1) is 18.1 Å². The van der Waals surface area contributed by atoms with E-state index in [1.165, 1.54) is 43.5 Å². The van der Waals surface area contributed by atoms with Crippen LogP contribution in [0.3, 0.4) is 0 Å². The highest BCUT2D eigenvalue weighted by atomic mass is 19.1. The number of nitrogens with zero attached hydrogens (tertiary/aromatic N) is 1. The molecule has 4 N–H and O–H groups in total. The summed E-state index contributed by atoms with van der Waals surface area (Å²) in [5, 5.41) is 41.2. The van der Waals surface area contributed by atoms with Crippen LogP contribution in [0.5, 0.6) is 5.75 Å². The van der Waals surface area contributed by atoms with Crippen LogP contribution in [-0.4, -0.2) is 70.8 Å². The van der Waals surface area contributed by atoms with Crippen molar-refractivity contribution in [1.82, 2.24) is 0 Å². The number of halogens is 2. The first-order valence-corrected chi connectivity index (χ1v) is 15.7. The molecule has 0 aromatic heterocycles. The fraction of sp³-hybridized carbons (Fsp3) is 0.324. The molecule has 2 saturated heterocycles. The monoisotopic (exact) mass is 661 g/mol. The Morgan fingerprint density at radius 3 is 2.17 bits per heavy atom. The smallest absolute Gasteiger partial charge is 0.233 e. The van der Waals surface area contributed by atoms with Gasteiger partial charge in [-0.15, -0.1) is 0 Å². The number of amides is 1. The number of anilines is 1. The molecule has 2 aliphatic rings. The van der Waals surface area contributed by atoms with Gasteiger partial charge < -0.3 is 39.5 Å². The average molecular weight is 662 g/mol. The van der Waals surface area contributed by atoms with E-state index in [2.05, 4.69) is 0 Å². The van der Waals surface area contributed by atoms with Crippen LogP contribution in [0.1, 0.15) is 36.1 Å². The van der Waals surface area contributed by atoms with Gasteiger partial charge in [0, 0.05) is 12.8 Å². The summed E-state index contributed by atoms with van der Waals surface area (Å²) in [6.07, 6.45) is -6.42. The summed E-state index contributed by atoms with van der Waals surface area (Å²) in [4.78, 5) is 15.1. The number of hydrogen-bond acceptors (Lipinski definition) is 8. The van der Waals surface area contributed by atoms with Crippen LogP contribution in [0.4, 0.5) is 14.5 Å². The van der Waals surface area contributed by atoms with Crippen molar-refractivity contribution in [3.05, 3.63) is 120 Å². The third kappa shape index (κ3) is 6.98. The summed E-state index contributed by atoms with van der Waals surface area (Å²) in [5.41, 5.74) is 3.73. The molecular weight excluding hydrogens is 624 g/mol. The van der Waals surface area contributed by atoms with Gasteiger partial charge in [0.2, 0.25) is 5.91 Å². The zero-order chi connectivity index (χ0) is 33.9. The molecule has 2 unspecified atom stereocenters. The van der Waals surface area contributed by atoms with Crippen LogP contribution < -0.4 is 9.64 Å². The largest absolute Gasteiger partial charge is 0.491 e. The maximum Gasteiger partial charge on any atom is 0.233 e. The van der Waals surface area contributed by atoms with Gasteiger partial charge in [-0.05, 0) is 83.6 Å². The number of carbonyl (C=O) groups is 1. The summed E-state index contributed by atoms with van der Waals surface area (Å²) in [7, 11) is 1.33. The van der Waals surface area contributed by atoms with Gasteiger partial charge in [-0.2, -0.15) is 0 Å². The number of carbonyl (C=O) groups excluding carboxylic acids is 1. The highest BCUT2D eigenvalue weighted by molar-refractivity contribution is 6.03. The minimum absolute atomic E-state index is 0.0978. The zero-order valence-corrected chi connectivity index (χ0v) is 26.1. The third-order valence-electron chi connectivity index (χ3n) is 9.06. The van der Waals surface area contributed by atoms with E-state index >= 15 is 0 Å². The Bertz CT molecular complexity index is 1690. The van der Waals surface area contributed by atoms with E-state index in [-0.39, 0.29) is 18.6 Å². The second-order valence-corrected chi connectivity index (χ2v) is 12.1. The van der Waals surface area contributed by atoms with Crippen molar-refractivity contribution in [2.24, 2.45) is 5.92 Å². The zero-order valence-electron chi connectivity index (χ0n) is 26.1. The second-order valence-electron chi connectivity index (χ2n) is 12.1. The molecule has 9 nitrogen and oxygen atoms in total. The number of hydrogen-bond donors (Lipinski definition) is 4. The molecule has 11 heteroatoms. The highest BCUT2D eigenvalue weighted by Gasteiger charge is 2.48. The molecule has 1 amide bonds. The topological polar surface area (TPSA) is 129 Å². The Balaban J connectivity index is 1.17. The summed E-state index contributed by atoms with van der Waals surface area (Å²) < 4.78 is 43.6. The average Bonchev–Trinajstić information content (AvgIpc) is 3.10. The van der Waals surface area contributed by atoms with Crippen LogP contribution in [0.25, 0.3) is 11.1 Å². The Kier molecular flexibility index (Phi) is 10.2. The van der Waals surface area contributed by atoms with Gasteiger partial charge in [-0.3, -0.25) is 4.79 Å². The molecule has 252 valence electrons. The Hall–Kier alpha value is -4.23. The Morgan fingerprint density at radius 2 is 1.50 bits per heavy atom. The van der Waals surface area contributed by atoms with Crippen LogP contribution >= 0.6 is 0 Å². The Morgan fingerprint density at radius 1 is 0.833 bits per heavy atom. The maximum atomic E-state index is 13.7. The van der Waals surface area contributed by atoms with E-state index in [0.29, 0.717) is 29.8 Å². The minimum atomic E-state index is -1.45. The third-order valence-corrected chi connectivity index (χ3v) is 9.06. The van der Waals surface area contributed by atoms with Crippen molar-refractivity contribution in [1.29, 1.82) is 0 Å². The van der Waals surface area contributed by atoms with E-state index in [4.69, 9.17) is 14.2 Å². The first kappa shape index (κ1) is 33.7. The van der Waals surface area contributed by atoms with Gasteiger partial charge in [-0.1, -0.05) is 48.5 Å². The van der Waals surface area contributed by atoms with E-state index < -0.39 is 54.4 Å². The molecule has 4 aromatic carbocycles. The molecule has 2 fully saturated rings. The number of β-lactam (4-membered cyclic amide) rings is 1. The lowest BCUT2D eigenvalue weighted by Crippen LogP contribution is -2.59. The summed E-state index contributed by atoms with van der Waals surface area (Å²) >= 11 is 0. The first-order chi connectivity index (χ1) is 23.1. The van der Waals surface area contributed by atoms with E-state index in [9.17, 15) is 34.0 Å². The lowest BCUT2D eigenvalue weighted by molar-refractivity contribution is -0.293. The van der Waals surface area contributed by atoms with E-state index in [0.717, 1.165) is 16.7 Å². The van der Waals surface area contributed by atoms with Gasteiger partial charge in [0.1, 0.15) is 48.4 Å². The predicted molar refractivity (Wildman–Crippen MR) is 172 cm³/mol. The fourth-order valence-electron chi connectivity index (χ4n) is 6.36. The highest BCUT2D eigenvalue weighted by Crippen LogP contribution is 2.46. The number of aliphatic hydroxyl groups is 4. The summed E-state index contributed by atoms with van der Waals surface area (Å²) in [6.45, 7) is -0.0978. The molecule has 0 saturated carbocycles. The van der Waals surface area contributed by atoms with Crippen molar-refractivity contribution in [2.45, 2.75) is 55.7 Å². The van der Waals surface area contributed by atoms with Crippen LogP contribution in [0.15, 0.2) is 97.1 Å². The Labute approximate surface area is 276 Å². The van der Waals surface area contributed by atoms with Crippen LogP contribution in [-0.2, 0) is 14.3 Å². The second kappa shape index (κ2) is 14.5. The molecule has 0 radical (unpaired) electrons. The molecule has 0 aliphatic carbocycles. The van der Waals surface area contributed by atoms with E-state index in [1.54, 1.807) is 23.1 Å². The molecule has 0 spiro atoms. The number of benzene rings is 4. The number of ether oxygens (including phenoxy) is 3. The standard InChI is InChI=1S/C37H37F2NO8/c1-46-37-35(44)34(43)33(42)31(48-37)20-47-28-4-2-3-24(19-28)21-5-7-23(8-6-21)32-29(17-18-30(41)22-9-11-25(38)12-10-22)36(45)40(32)27-15-13-26(39)14-16-27/h2-16,19,29-35,37,41-44H,17-18,20H2,1H3/t29?,30-,31+,32?,33+,34-,35+,37-/m0/s1. The molecule has 2 aliphatic heterocycles. The molecule has 0 bridgehead atoms. The van der Waals surface area contributed by atoms with Crippen molar-refractivity contribution in [3.8, 4) is 16.9 Å². The minimum Gasteiger partial charge on any atom is -0.491 e. The van der Waals surface area contributed by atoms with Gasteiger partial charge in [0.25, 0.3) is 0 Å². The quantitative estimate of drug-likeness (QED) is 0.171. The number of rotatable bonds is 11. The fourth-order valence-corrected chi connectivity index (χ4v) is 6.36. The lowest BCUT2D eigenvalue weighted by atomic mass is 9.78. The molecule has 8 atom stereocenters. The maximum absolute atomic E-state index is 13.7. The van der Waals surface area contributed by atoms with Crippen LogP contribution in [0, 0.1) is 17.6 Å². The van der Waals surface area contributed by atoms with Gasteiger partial charge in [-0.25, -0.2) is 8.78 Å². The van der Waals surface area contributed by atoms with Crippen molar-refractivity contribution in [3.63, 3.8) is 0 Å². The number of methoxy groups -OCH3 is 1. The predicted octanol–water partition coefficient (Wildman–Crippen LogP) is 4.68. The SMILES string of the molecule is CO[C@H]1O[C@H](COc2cccc(-c3ccc(C4C(CC[C@H](O)c5ccc(F)cc5)C(=O)N4c4ccc(F)cc4)cc3)c2)[C@@H](O)[C@H](O)[C@H]1O. The molecule has 48 heavy (non-hydrogen) atoms. The summed E-state index contributed by atoms with van der Waals surface area (Å²) in [5.74, 6) is -0.862. The molecular formula is C37H37F2NO8. The van der Waals surface area contributed by atoms with Crippen molar-refractivity contribution >= 4 is 11.6 Å². The first-order valence-electron chi connectivity index (χ1n) is 15.7. The normalized spacial score (nSPS) is 26.2.